The molecule has 136 valence electrons. The van der Waals surface area contributed by atoms with Gasteiger partial charge in [-0.1, -0.05) is 31.9 Å². The van der Waals surface area contributed by atoms with Crippen LogP contribution in [-0.4, -0.2) is 48.6 Å². The van der Waals surface area contributed by atoms with Gasteiger partial charge < -0.3 is 14.5 Å². The molecule has 1 aliphatic heterocycles. The van der Waals surface area contributed by atoms with Gasteiger partial charge in [0.2, 0.25) is 0 Å². The molecule has 0 unspecified atom stereocenters. The second-order valence-electron chi connectivity index (χ2n) is 7.54. The Hall–Kier alpha value is -1.06. The molecular weight excluding hydrogens is 296 g/mol. The van der Waals surface area contributed by atoms with Gasteiger partial charge in [-0.2, -0.15) is 0 Å². The Morgan fingerprint density at radius 1 is 1.12 bits per heavy atom. The van der Waals surface area contributed by atoms with Gasteiger partial charge >= 0.3 is 0 Å². The van der Waals surface area contributed by atoms with E-state index in [4.69, 9.17) is 4.74 Å². The zero-order chi connectivity index (χ0) is 17.4. The van der Waals surface area contributed by atoms with E-state index in [0.29, 0.717) is 12.1 Å². The predicted octanol–water partition coefficient (Wildman–Crippen LogP) is 4.56. The highest BCUT2D eigenvalue weighted by atomic mass is 16.5. The van der Waals surface area contributed by atoms with Crippen LogP contribution >= 0.6 is 0 Å². The van der Waals surface area contributed by atoms with Crippen LogP contribution in [0.3, 0.4) is 0 Å². The van der Waals surface area contributed by atoms with Gasteiger partial charge in [0.1, 0.15) is 11.9 Å². The molecule has 0 N–H and O–H groups in total. The first-order chi connectivity index (χ1) is 11.6. The maximum absolute atomic E-state index is 6.18. The zero-order valence-electron chi connectivity index (χ0n) is 16.1. The number of hydrogen-bond donors (Lipinski definition) is 0. The van der Waals surface area contributed by atoms with Crippen molar-refractivity contribution >= 4 is 0 Å². The third kappa shape index (κ3) is 6.45. The lowest BCUT2D eigenvalue weighted by molar-refractivity contribution is 0.0843. The van der Waals surface area contributed by atoms with Gasteiger partial charge in [-0.25, -0.2) is 0 Å². The summed E-state index contributed by atoms with van der Waals surface area (Å²) in [6, 6.07) is 9.37. The number of rotatable bonds is 9. The SMILES string of the molecule is CCCCCN(C)Cc1ccc(OC2CCN(C(C)C)CC2)cc1. The standard InChI is InChI=1S/C21H36N2O/c1-5-6-7-14-22(4)17-19-8-10-20(11-9-19)24-21-12-15-23(16-13-21)18(2)3/h8-11,18,21H,5-7,12-17H2,1-4H3. The van der Waals surface area contributed by atoms with Crippen molar-refractivity contribution in [2.75, 3.05) is 26.7 Å². The smallest absolute Gasteiger partial charge is 0.119 e. The molecule has 1 saturated heterocycles. The minimum atomic E-state index is 0.377. The van der Waals surface area contributed by atoms with Crippen molar-refractivity contribution in [2.45, 2.75) is 71.6 Å². The van der Waals surface area contributed by atoms with E-state index in [0.717, 1.165) is 38.2 Å². The van der Waals surface area contributed by atoms with Gasteiger partial charge in [0.15, 0.2) is 0 Å². The van der Waals surface area contributed by atoms with Crippen molar-refractivity contribution in [1.82, 2.24) is 9.80 Å². The number of unbranched alkanes of at least 4 members (excludes halogenated alkanes) is 2. The van der Waals surface area contributed by atoms with Crippen LogP contribution in [-0.2, 0) is 6.54 Å². The Labute approximate surface area is 149 Å². The lowest BCUT2D eigenvalue weighted by Crippen LogP contribution is -2.41. The van der Waals surface area contributed by atoms with Gasteiger partial charge in [0, 0.05) is 25.7 Å². The van der Waals surface area contributed by atoms with Gasteiger partial charge in [-0.3, -0.25) is 0 Å². The van der Waals surface area contributed by atoms with E-state index in [1.165, 1.54) is 31.4 Å². The van der Waals surface area contributed by atoms with Crippen LogP contribution in [0.1, 0.15) is 58.4 Å². The molecule has 1 aliphatic rings. The first-order valence-electron chi connectivity index (χ1n) is 9.76. The van der Waals surface area contributed by atoms with E-state index in [1.807, 2.05) is 0 Å². The van der Waals surface area contributed by atoms with E-state index < -0.39 is 0 Å². The van der Waals surface area contributed by atoms with Gasteiger partial charge in [-0.05, 0) is 64.4 Å². The summed E-state index contributed by atoms with van der Waals surface area (Å²) in [6.45, 7) is 11.3. The van der Waals surface area contributed by atoms with Crippen LogP contribution in [0.2, 0.25) is 0 Å². The molecule has 0 aromatic heterocycles. The monoisotopic (exact) mass is 332 g/mol. The molecule has 1 heterocycles. The van der Waals surface area contributed by atoms with Crippen LogP contribution in [0, 0.1) is 0 Å². The summed E-state index contributed by atoms with van der Waals surface area (Å²) in [7, 11) is 2.21. The molecule has 0 saturated carbocycles. The van der Waals surface area contributed by atoms with Crippen molar-refractivity contribution in [3.05, 3.63) is 29.8 Å². The van der Waals surface area contributed by atoms with Crippen molar-refractivity contribution in [2.24, 2.45) is 0 Å². The molecule has 24 heavy (non-hydrogen) atoms. The third-order valence-corrected chi connectivity index (χ3v) is 5.03. The molecule has 1 aromatic carbocycles. The Bertz CT molecular complexity index is 449. The minimum absolute atomic E-state index is 0.377. The first-order valence-corrected chi connectivity index (χ1v) is 9.76. The maximum atomic E-state index is 6.18. The van der Waals surface area contributed by atoms with Crippen LogP contribution in [0.25, 0.3) is 0 Å². The number of likely N-dealkylation sites (tertiary alicyclic amines) is 1. The molecular formula is C21H36N2O. The highest BCUT2D eigenvalue weighted by Gasteiger charge is 2.21. The maximum Gasteiger partial charge on any atom is 0.119 e. The zero-order valence-corrected chi connectivity index (χ0v) is 16.1. The molecule has 3 nitrogen and oxygen atoms in total. The molecule has 0 spiro atoms. The molecule has 1 fully saturated rings. The summed E-state index contributed by atoms with van der Waals surface area (Å²) in [6.07, 6.45) is 6.56. The van der Waals surface area contributed by atoms with E-state index in [1.54, 1.807) is 0 Å². The van der Waals surface area contributed by atoms with Crippen LogP contribution in [0.15, 0.2) is 24.3 Å². The molecule has 0 aliphatic carbocycles. The van der Waals surface area contributed by atoms with E-state index in [2.05, 4.69) is 61.9 Å². The average molecular weight is 333 g/mol. The van der Waals surface area contributed by atoms with Crippen molar-refractivity contribution < 1.29 is 4.74 Å². The summed E-state index contributed by atoms with van der Waals surface area (Å²) < 4.78 is 6.18. The fraction of sp³-hybridized carbons (Fsp3) is 0.714. The molecule has 0 radical (unpaired) electrons. The van der Waals surface area contributed by atoms with Gasteiger partial charge in [-0.15, -0.1) is 0 Å². The average Bonchev–Trinajstić information content (AvgIpc) is 2.57. The first kappa shape index (κ1) is 19.3. The predicted molar refractivity (Wildman–Crippen MR) is 103 cm³/mol. The highest BCUT2D eigenvalue weighted by molar-refractivity contribution is 5.27. The van der Waals surface area contributed by atoms with Crippen LogP contribution < -0.4 is 4.74 Å². The normalized spacial score (nSPS) is 16.9. The Morgan fingerprint density at radius 2 is 1.79 bits per heavy atom. The fourth-order valence-corrected chi connectivity index (χ4v) is 3.40. The highest BCUT2D eigenvalue weighted by Crippen LogP contribution is 2.21. The molecule has 0 amide bonds. The second-order valence-corrected chi connectivity index (χ2v) is 7.54. The molecule has 2 rings (SSSR count). The number of hydrogen-bond acceptors (Lipinski definition) is 3. The number of piperidine rings is 1. The number of benzene rings is 1. The molecule has 3 heteroatoms. The summed E-state index contributed by atoms with van der Waals surface area (Å²) in [5, 5.41) is 0. The number of nitrogens with zero attached hydrogens (tertiary/aromatic N) is 2. The summed E-state index contributed by atoms with van der Waals surface area (Å²) in [5.41, 5.74) is 1.37. The van der Waals surface area contributed by atoms with Gasteiger partial charge in [0.25, 0.3) is 0 Å². The van der Waals surface area contributed by atoms with Crippen molar-refractivity contribution in [3.63, 3.8) is 0 Å². The molecule has 0 bridgehead atoms. The summed E-state index contributed by atoms with van der Waals surface area (Å²) >= 11 is 0. The third-order valence-electron chi connectivity index (χ3n) is 5.03. The Kier molecular flexibility index (Phi) is 8.07. The quantitative estimate of drug-likeness (QED) is 0.617. The van der Waals surface area contributed by atoms with E-state index >= 15 is 0 Å². The minimum Gasteiger partial charge on any atom is -0.490 e. The van der Waals surface area contributed by atoms with Crippen molar-refractivity contribution in [1.29, 1.82) is 0 Å². The van der Waals surface area contributed by atoms with Crippen molar-refractivity contribution in [3.8, 4) is 5.75 Å². The largest absolute Gasteiger partial charge is 0.490 e. The fourth-order valence-electron chi connectivity index (χ4n) is 3.40. The summed E-state index contributed by atoms with van der Waals surface area (Å²) in [4.78, 5) is 4.95. The topological polar surface area (TPSA) is 15.7 Å². The lowest BCUT2D eigenvalue weighted by Gasteiger charge is -2.34. The Balaban J connectivity index is 1.74. The van der Waals surface area contributed by atoms with Gasteiger partial charge in [0.05, 0.1) is 0 Å². The lowest BCUT2D eigenvalue weighted by atomic mass is 10.1. The van der Waals surface area contributed by atoms with Crippen LogP contribution in [0.5, 0.6) is 5.75 Å². The van der Waals surface area contributed by atoms with E-state index in [-0.39, 0.29) is 0 Å². The summed E-state index contributed by atoms with van der Waals surface area (Å²) in [5.74, 6) is 1.02. The van der Waals surface area contributed by atoms with Crippen LogP contribution in [0.4, 0.5) is 0 Å². The van der Waals surface area contributed by atoms with E-state index in [9.17, 15) is 0 Å². The molecule has 1 aromatic rings. The Morgan fingerprint density at radius 3 is 2.38 bits per heavy atom. The second kappa shape index (κ2) is 10.0. The number of ether oxygens (including phenoxy) is 1. The molecule has 0 atom stereocenters.